The van der Waals surface area contributed by atoms with E-state index in [9.17, 15) is 10.2 Å². The number of aliphatic hydroxyl groups excluding tert-OH is 2. The number of quaternary nitrogens is 2. The lowest BCUT2D eigenvalue weighted by atomic mass is 9.53. The maximum Gasteiger partial charge on any atom is 0.119 e. The number of likely N-dealkylation sites (tertiary alicyclic amines) is 2. The maximum absolute atomic E-state index is 9.86. The van der Waals surface area contributed by atoms with E-state index in [1.807, 2.05) is 0 Å². The Hall–Kier alpha value is -2.38. The molecule has 4 saturated carbocycles. The van der Waals surface area contributed by atoms with Gasteiger partial charge in [0, 0.05) is 25.7 Å². The number of nitrogens with zero attached hydrogens (tertiary/aromatic N) is 2. The molecule has 2 aromatic rings. The molecule has 2 N–H and O–H groups in total. The van der Waals surface area contributed by atoms with Crippen molar-refractivity contribution in [1.29, 1.82) is 0 Å². The van der Waals surface area contributed by atoms with Gasteiger partial charge in [0.2, 0.25) is 0 Å². The first-order chi connectivity index (χ1) is 25.7. The summed E-state index contributed by atoms with van der Waals surface area (Å²) in [6.07, 6.45) is 20.4. The number of piperidine rings is 2. The van der Waals surface area contributed by atoms with Crippen molar-refractivity contribution in [2.75, 3.05) is 66.6 Å². The van der Waals surface area contributed by atoms with Crippen molar-refractivity contribution < 1.29 is 28.7 Å². The largest absolute Gasteiger partial charge is 0.494 e. The van der Waals surface area contributed by atoms with E-state index in [4.69, 9.17) is 9.47 Å². The molecule has 0 amide bonds. The van der Waals surface area contributed by atoms with Crippen molar-refractivity contribution in [3.63, 3.8) is 0 Å². The number of ether oxygens (including phenoxy) is 2. The molecule has 2 heterocycles. The summed E-state index contributed by atoms with van der Waals surface area (Å²) < 4.78 is 14.8. The van der Waals surface area contributed by atoms with Gasteiger partial charge < -0.3 is 28.7 Å². The zero-order chi connectivity index (χ0) is 36.7. The van der Waals surface area contributed by atoms with Gasteiger partial charge in [0.1, 0.15) is 11.5 Å². The molecule has 0 radical (unpaired) electrons. The Balaban J connectivity index is 0.898. The first-order valence-electron chi connectivity index (χ1n) is 22.0. The molecular formula is C47H72N2O4+2. The van der Waals surface area contributed by atoms with E-state index in [0.29, 0.717) is 0 Å². The summed E-state index contributed by atoms with van der Waals surface area (Å²) in [4.78, 5) is 0. The van der Waals surface area contributed by atoms with Crippen molar-refractivity contribution in [2.45, 2.75) is 121 Å². The lowest BCUT2D eigenvalue weighted by Gasteiger charge is -2.52. The Kier molecular flexibility index (Phi) is 13.2. The summed E-state index contributed by atoms with van der Waals surface area (Å²) in [5, 5.41) is 19.7. The molecule has 2 aliphatic heterocycles. The van der Waals surface area contributed by atoms with Crippen molar-refractivity contribution >= 4 is 5.57 Å². The van der Waals surface area contributed by atoms with Crippen LogP contribution in [0, 0.1) is 23.7 Å². The monoisotopic (exact) mass is 729 g/mol. The molecule has 2 aromatic carbocycles. The minimum absolute atomic E-state index is 0.0756. The number of unbranched alkanes of at least 4 members (excludes halogenated alkanes) is 6. The quantitative estimate of drug-likeness (QED) is 0.119. The first-order valence-corrected chi connectivity index (χ1v) is 22.0. The van der Waals surface area contributed by atoms with E-state index in [2.05, 4.69) is 62.6 Å². The minimum Gasteiger partial charge on any atom is -0.494 e. The van der Waals surface area contributed by atoms with Crippen LogP contribution in [0.4, 0.5) is 0 Å². The van der Waals surface area contributed by atoms with Crippen LogP contribution < -0.4 is 9.47 Å². The molecule has 0 atom stereocenters. The van der Waals surface area contributed by atoms with Gasteiger partial charge in [0.05, 0.1) is 78.8 Å². The van der Waals surface area contributed by atoms with Gasteiger partial charge in [-0.1, -0.05) is 29.8 Å². The standard InChI is InChI=1S/C47H72N2O4/c1-48(25-19-42(50)20-26-48)23-7-3-5-9-29-52-44-15-11-38(12-16-44)46(47-40-32-36-31-37(34-40)35-41(47)33-36)39-13-17-45(18-14-39)53-30-10-6-4-8-24-49(2)27-21-43(51)22-28-49/h11-18,36-37,40-43,50-51H,3-10,19-35H2,1-2H3/q+2. The molecule has 0 spiro atoms. The highest BCUT2D eigenvalue weighted by atomic mass is 16.5. The summed E-state index contributed by atoms with van der Waals surface area (Å²) in [6, 6.07) is 18.1. The zero-order valence-corrected chi connectivity index (χ0v) is 33.4. The molecule has 53 heavy (non-hydrogen) atoms. The van der Waals surface area contributed by atoms with Crippen molar-refractivity contribution in [1.82, 2.24) is 0 Å². The summed E-state index contributed by atoms with van der Waals surface area (Å²) in [6.45, 7) is 8.52. The fourth-order valence-electron chi connectivity index (χ4n) is 11.1. The number of hydrogen-bond donors (Lipinski definition) is 2. The molecule has 8 rings (SSSR count). The molecule has 2 saturated heterocycles. The number of benzene rings is 2. The van der Waals surface area contributed by atoms with Crippen LogP contribution in [0.2, 0.25) is 0 Å². The van der Waals surface area contributed by atoms with Gasteiger partial charge in [0.25, 0.3) is 0 Å². The van der Waals surface area contributed by atoms with Crippen LogP contribution >= 0.6 is 0 Å². The lowest BCUT2D eigenvalue weighted by Crippen LogP contribution is -2.51. The van der Waals surface area contributed by atoms with E-state index < -0.39 is 0 Å². The summed E-state index contributed by atoms with van der Waals surface area (Å²) >= 11 is 0. The van der Waals surface area contributed by atoms with Crippen LogP contribution in [0.15, 0.2) is 54.1 Å². The van der Waals surface area contributed by atoms with Crippen LogP contribution in [-0.2, 0) is 0 Å². The van der Waals surface area contributed by atoms with Gasteiger partial charge in [-0.15, -0.1) is 0 Å². The van der Waals surface area contributed by atoms with Crippen LogP contribution in [-0.4, -0.2) is 98.0 Å². The molecule has 0 unspecified atom stereocenters. The van der Waals surface area contributed by atoms with Gasteiger partial charge in [-0.3, -0.25) is 0 Å². The maximum atomic E-state index is 9.86. The molecule has 6 heteroatoms. The van der Waals surface area contributed by atoms with Crippen molar-refractivity contribution in [3.05, 3.63) is 65.2 Å². The molecule has 6 aliphatic rings. The Morgan fingerprint density at radius 3 is 1.30 bits per heavy atom. The van der Waals surface area contributed by atoms with Crippen molar-refractivity contribution in [3.8, 4) is 11.5 Å². The Labute approximate surface area is 321 Å². The highest BCUT2D eigenvalue weighted by Gasteiger charge is 2.46. The van der Waals surface area contributed by atoms with Crippen LogP contribution in [0.1, 0.15) is 120 Å². The second kappa shape index (κ2) is 18.0. The Bertz CT molecular complexity index is 1330. The van der Waals surface area contributed by atoms with E-state index >= 15 is 0 Å². The fraction of sp³-hybridized carbons (Fsp3) is 0.702. The predicted molar refractivity (Wildman–Crippen MR) is 216 cm³/mol. The zero-order valence-electron chi connectivity index (χ0n) is 33.4. The first kappa shape index (κ1) is 38.9. The normalized spacial score (nSPS) is 32.2. The molecule has 292 valence electrons. The van der Waals surface area contributed by atoms with E-state index in [1.165, 1.54) is 100 Å². The number of hydrogen-bond acceptors (Lipinski definition) is 4. The molecule has 4 aliphatic carbocycles. The molecular weight excluding hydrogens is 657 g/mol. The average molecular weight is 729 g/mol. The molecule has 6 fully saturated rings. The topological polar surface area (TPSA) is 58.9 Å². The highest BCUT2D eigenvalue weighted by molar-refractivity contribution is 5.83. The minimum atomic E-state index is -0.0756. The van der Waals surface area contributed by atoms with Crippen LogP contribution in [0.5, 0.6) is 11.5 Å². The number of aliphatic hydroxyl groups is 2. The van der Waals surface area contributed by atoms with Gasteiger partial charge in [-0.25, -0.2) is 0 Å². The summed E-state index contributed by atoms with van der Waals surface area (Å²) in [5.74, 6) is 5.34. The van der Waals surface area contributed by atoms with E-state index in [0.717, 1.165) is 122 Å². The van der Waals surface area contributed by atoms with Crippen LogP contribution in [0.25, 0.3) is 5.57 Å². The lowest BCUT2D eigenvalue weighted by molar-refractivity contribution is -0.915. The second-order valence-corrected chi connectivity index (χ2v) is 18.8. The Morgan fingerprint density at radius 2 is 0.906 bits per heavy atom. The Morgan fingerprint density at radius 1 is 0.528 bits per heavy atom. The third-order valence-corrected chi connectivity index (χ3v) is 14.3. The molecule has 0 aromatic heterocycles. The van der Waals surface area contributed by atoms with E-state index in [-0.39, 0.29) is 12.2 Å². The number of rotatable bonds is 18. The molecule has 6 nitrogen and oxygen atoms in total. The van der Waals surface area contributed by atoms with Gasteiger partial charge >= 0.3 is 0 Å². The predicted octanol–water partition coefficient (Wildman–Crippen LogP) is 9.03. The van der Waals surface area contributed by atoms with Crippen molar-refractivity contribution in [2.24, 2.45) is 23.7 Å². The average Bonchev–Trinajstić information content (AvgIpc) is 3.15. The smallest absolute Gasteiger partial charge is 0.119 e. The third-order valence-electron chi connectivity index (χ3n) is 14.3. The van der Waals surface area contributed by atoms with Crippen LogP contribution in [0.3, 0.4) is 0 Å². The fourth-order valence-corrected chi connectivity index (χ4v) is 11.1. The van der Waals surface area contributed by atoms with Gasteiger partial charge in [-0.05, 0) is 148 Å². The highest BCUT2D eigenvalue weighted by Crippen LogP contribution is 2.58. The van der Waals surface area contributed by atoms with E-state index in [1.54, 1.807) is 5.57 Å². The second-order valence-electron chi connectivity index (χ2n) is 18.8. The summed E-state index contributed by atoms with van der Waals surface area (Å²) in [7, 11) is 4.73. The SMILES string of the molecule is C[N+]1(CCCCCCOc2ccc(C(=C3C4CC5CC(C4)CC3C5)c3ccc(OCCCCCC[N+]4(C)CCC(O)CC4)cc3)cc2)CCC(O)CC1. The number of allylic oxidation sites excluding steroid dienone is 1. The molecule has 4 bridgehead atoms. The van der Waals surface area contributed by atoms with Gasteiger partial charge in [-0.2, -0.15) is 0 Å². The van der Waals surface area contributed by atoms with Gasteiger partial charge in [0.15, 0.2) is 0 Å². The third kappa shape index (κ3) is 10.5. The summed E-state index contributed by atoms with van der Waals surface area (Å²) in [5.41, 5.74) is 5.91.